The lowest BCUT2D eigenvalue weighted by molar-refractivity contribution is -0.130. The van der Waals surface area contributed by atoms with Crippen molar-refractivity contribution in [2.24, 2.45) is 17.1 Å². The van der Waals surface area contributed by atoms with Crippen molar-refractivity contribution in [1.29, 1.82) is 0 Å². The van der Waals surface area contributed by atoms with Gasteiger partial charge in [-0.2, -0.15) is 5.10 Å². The van der Waals surface area contributed by atoms with E-state index in [-0.39, 0.29) is 23.2 Å². The number of carbonyl (C=O) groups is 2. The molecule has 1 saturated carbocycles. The summed E-state index contributed by atoms with van der Waals surface area (Å²) in [5.74, 6) is -0.475. The van der Waals surface area contributed by atoms with Gasteiger partial charge in [0.05, 0.1) is 21.4 Å². The summed E-state index contributed by atoms with van der Waals surface area (Å²) in [6, 6.07) is 20.2. The summed E-state index contributed by atoms with van der Waals surface area (Å²) in [4.78, 5) is 29.4. The monoisotopic (exact) mass is 575 g/mol. The number of nitrogens with zero attached hydrogens (tertiary/aromatic N) is 3. The second kappa shape index (κ2) is 11.4. The van der Waals surface area contributed by atoms with Crippen LogP contribution in [0.25, 0.3) is 16.9 Å². The number of hydrogen-bond acceptors (Lipinski definition) is 4. The lowest BCUT2D eigenvalue weighted by atomic mass is 9.52. The highest BCUT2D eigenvalue weighted by Gasteiger charge is 2.50. The van der Waals surface area contributed by atoms with E-state index in [1.165, 1.54) is 0 Å². The molecule has 2 aromatic heterocycles. The van der Waals surface area contributed by atoms with Crippen LogP contribution in [0.2, 0.25) is 10.0 Å². The number of aromatic nitrogens is 3. The van der Waals surface area contributed by atoms with E-state index in [1.54, 1.807) is 24.5 Å². The van der Waals surface area contributed by atoms with Gasteiger partial charge in [-0.05, 0) is 59.7 Å². The van der Waals surface area contributed by atoms with Gasteiger partial charge in [-0.15, -0.1) is 0 Å². The van der Waals surface area contributed by atoms with Gasteiger partial charge in [0.2, 0.25) is 11.8 Å². The fourth-order valence-electron chi connectivity index (χ4n) is 5.54. The summed E-state index contributed by atoms with van der Waals surface area (Å²) in [6.07, 6.45) is 4.97. The number of amides is 2. The molecule has 0 unspecified atom stereocenters. The quantitative estimate of drug-likeness (QED) is 0.256. The van der Waals surface area contributed by atoms with Crippen LogP contribution in [0.4, 0.5) is 0 Å². The molecule has 2 amide bonds. The summed E-state index contributed by atoms with van der Waals surface area (Å²) in [6.45, 7) is 4.34. The minimum Gasteiger partial charge on any atom is -0.368 e. The standard InChI is InChI=1S/C31H31Cl2N5O2/c1-31(2)21(15-29(39)36-27(30(34)40)13-19-7-4-3-5-8-19)14-23(31)28-17-26(20-9-6-12-35-18-20)37-38(28)22-10-11-24(32)25(33)16-22/h3-12,16-18,21,23,27H,13-15H2,1-2H3,(H2,34,40)(H,36,39)/t21-,23-,27-/m0/s1. The maximum Gasteiger partial charge on any atom is 0.240 e. The van der Waals surface area contributed by atoms with Crippen molar-refractivity contribution in [3.63, 3.8) is 0 Å². The molecule has 0 saturated heterocycles. The van der Waals surface area contributed by atoms with Crippen molar-refractivity contribution in [2.75, 3.05) is 0 Å². The molecule has 0 spiro atoms. The first-order valence-corrected chi connectivity index (χ1v) is 14.0. The number of rotatable bonds is 9. The first-order chi connectivity index (χ1) is 19.1. The molecule has 206 valence electrons. The van der Waals surface area contributed by atoms with E-state index in [4.69, 9.17) is 34.0 Å². The highest BCUT2D eigenvalue weighted by Crippen LogP contribution is 2.58. The van der Waals surface area contributed by atoms with E-state index in [1.807, 2.05) is 53.2 Å². The van der Waals surface area contributed by atoms with Gasteiger partial charge in [0, 0.05) is 42.4 Å². The van der Waals surface area contributed by atoms with Crippen molar-refractivity contribution < 1.29 is 9.59 Å². The smallest absolute Gasteiger partial charge is 0.240 e. The van der Waals surface area contributed by atoms with E-state index >= 15 is 0 Å². The predicted octanol–water partition coefficient (Wildman–Crippen LogP) is 5.97. The van der Waals surface area contributed by atoms with Crippen LogP contribution in [0.5, 0.6) is 0 Å². The van der Waals surface area contributed by atoms with Crippen LogP contribution in [0.3, 0.4) is 0 Å². The number of benzene rings is 2. The van der Waals surface area contributed by atoms with E-state index in [0.717, 1.165) is 34.6 Å². The van der Waals surface area contributed by atoms with Gasteiger partial charge >= 0.3 is 0 Å². The average Bonchev–Trinajstić information content (AvgIpc) is 3.37. The fourth-order valence-corrected chi connectivity index (χ4v) is 5.83. The van der Waals surface area contributed by atoms with Gasteiger partial charge < -0.3 is 11.1 Å². The summed E-state index contributed by atoms with van der Waals surface area (Å²) < 4.78 is 1.91. The molecule has 2 heterocycles. The van der Waals surface area contributed by atoms with Crippen LogP contribution < -0.4 is 11.1 Å². The Morgan fingerprint density at radius 1 is 1.07 bits per heavy atom. The fraction of sp³-hybridized carbons (Fsp3) is 0.290. The number of carbonyl (C=O) groups excluding carboxylic acids is 2. The van der Waals surface area contributed by atoms with Gasteiger partial charge in [-0.3, -0.25) is 14.6 Å². The Morgan fingerprint density at radius 3 is 2.50 bits per heavy atom. The van der Waals surface area contributed by atoms with Crippen molar-refractivity contribution in [3.05, 3.63) is 100 Å². The third kappa shape index (κ3) is 5.76. The van der Waals surface area contributed by atoms with Gasteiger partial charge in [-0.1, -0.05) is 67.4 Å². The maximum atomic E-state index is 13.1. The molecule has 7 nitrogen and oxygen atoms in total. The highest BCUT2D eigenvalue weighted by molar-refractivity contribution is 6.42. The Labute approximate surface area is 243 Å². The molecule has 4 aromatic rings. The number of primary amides is 1. The van der Waals surface area contributed by atoms with Gasteiger partial charge in [0.1, 0.15) is 6.04 Å². The molecule has 40 heavy (non-hydrogen) atoms. The highest BCUT2D eigenvalue weighted by atomic mass is 35.5. The van der Waals surface area contributed by atoms with E-state index < -0.39 is 11.9 Å². The first-order valence-electron chi connectivity index (χ1n) is 13.2. The van der Waals surface area contributed by atoms with E-state index in [0.29, 0.717) is 22.9 Å². The number of nitrogens with two attached hydrogens (primary N) is 1. The Morgan fingerprint density at radius 2 is 1.85 bits per heavy atom. The normalized spacial score (nSPS) is 18.5. The third-order valence-electron chi connectivity index (χ3n) is 8.06. The lowest BCUT2D eigenvalue weighted by Crippen LogP contribution is -2.49. The number of nitrogens with one attached hydrogen (secondary N) is 1. The average molecular weight is 577 g/mol. The minimum absolute atomic E-state index is 0.113. The van der Waals surface area contributed by atoms with Gasteiger partial charge in [0.25, 0.3) is 0 Å². The van der Waals surface area contributed by atoms with Crippen molar-refractivity contribution in [2.45, 2.75) is 45.1 Å². The molecule has 9 heteroatoms. The van der Waals surface area contributed by atoms with Crippen LogP contribution in [0, 0.1) is 11.3 Å². The van der Waals surface area contributed by atoms with Crippen LogP contribution >= 0.6 is 23.2 Å². The molecule has 0 radical (unpaired) electrons. The Kier molecular flexibility index (Phi) is 7.97. The van der Waals surface area contributed by atoms with Crippen LogP contribution in [-0.2, 0) is 16.0 Å². The van der Waals surface area contributed by atoms with Crippen molar-refractivity contribution >= 4 is 35.0 Å². The molecular weight excluding hydrogens is 545 g/mol. The van der Waals surface area contributed by atoms with Crippen molar-refractivity contribution in [3.8, 4) is 16.9 Å². The molecule has 0 bridgehead atoms. The molecule has 0 aliphatic heterocycles. The first kappa shape index (κ1) is 27.9. The summed E-state index contributed by atoms with van der Waals surface area (Å²) in [7, 11) is 0. The summed E-state index contributed by atoms with van der Waals surface area (Å²) in [5.41, 5.74) is 9.89. The summed E-state index contributed by atoms with van der Waals surface area (Å²) >= 11 is 12.5. The zero-order valence-corrected chi connectivity index (χ0v) is 23.9. The van der Waals surface area contributed by atoms with Crippen LogP contribution in [0.15, 0.2) is 79.1 Å². The zero-order valence-electron chi connectivity index (χ0n) is 22.4. The molecule has 2 aromatic carbocycles. The maximum absolute atomic E-state index is 13.1. The predicted molar refractivity (Wildman–Crippen MR) is 157 cm³/mol. The number of hydrogen-bond donors (Lipinski definition) is 2. The van der Waals surface area contributed by atoms with Crippen LogP contribution in [-0.4, -0.2) is 32.6 Å². The molecule has 1 fully saturated rings. The van der Waals surface area contributed by atoms with Gasteiger partial charge in [-0.25, -0.2) is 4.68 Å². The SMILES string of the molecule is CC1(C)[C@H](CC(=O)N[C@@H](Cc2ccccc2)C(N)=O)C[C@H]1c1cc(-c2cccnc2)nn1-c1ccc(Cl)c(Cl)c1. The summed E-state index contributed by atoms with van der Waals surface area (Å²) in [5, 5.41) is 8.71. The molecule has 1 aliphatic carbocycles. The van der Waals surface area contributed by atoms with Crippen molar-refractivity contribution in [1.82, 2.24) is 20.1 Å². The molecule has 1 aliphatic rings. The Bertz CT molecular complexity index is 1520. The molecule has 5 rings (SSSR count). The van der Waals surface area contributed by atoms with Crippen LogP contribution in [0.1, 0.15) is 43.9 Å². The largest absolute Gasteiger partial charge is 0.368 e. The second-order valence-electron chi connectivity index (χ2n) is 10.9. The third-order valence-corrected chi connectivity index (χ3v) is 8.80. The number of pyridine rings is 1. The Balaban J connectivity index is 1.35. The van der Waals surface area contributed by atoms with E-state index in [9.17, 15) is 9.59 Å². The molecule has 3 atom stereocenters. The molecular formula is C31H31Cl2N5O2. The number of halogens is 2. The van der Waals surface area contributed by atoms with E-state index in [2.05, 4.69) is 30.2 Å². The zero-order chi connectivity index (χ0) is 28.4. The topological polar surface area (TPSA) is 103 Å². The molecule has 3 N–H and O–H groups in total. The lowest BCUT2D eigenvalue weighted by Gasteiger charge is -2.52. The second-order valence-corrected chi connectivity index (χ2v) is 11.7. The minimum atomic E-state index is -0.757. The Hall–Kier alpha value is -3.68. The van der Waals surface area contributed by atoms with Gasteiger partial charge in [0.15, 0.2) is 0 Å².